The number of nitrogen functional groups attached to an aromatic ring is 1. The lowest BCUT2D eigenvalue weighted by Crippen LogP contribution is -2.44. The molecule has 0 radical (unpaired) electrons. The number of benzene rings is 2. The van der Waals surface area contributed by atoms with Crippen molar-refractivity contribution in [2.45, 2.75) is 0 Å². The number of aromatic nitrogens is 3. The number of rotatable bonds is 2. The molecule has 4 aromatic rings. The lowest BCUT2D eigenvalue weighted by atomic mass is 10.0. The highest BCUT2D eigenvalue weighted by atomic mass is 32.1. The predicted molar refractivity (Wildman–Crippen MR) is 112 cm³/mol. The second-order valence-electron chi connectivity index (χ2n) is 6.96. The van der Waals surface area contributed by atoms with Crippen LogP contribution in [-0.2, 0) is 0 Å². The van der Waals surface area contributed by atoms with Crippen molar-refractivity contribution in [1.29, 1.82) is 0 Å². The first-order valence-corrected chi connectivity index (χ1v) is 9.84. The molecule has 5 rings (SSSR count). The Kier molecular flexibility index (Phi) is 3.91. The Hall–Kier alpha value is -2.77. The van der Waals surface area contributed by atoms with Gasteiger partial charge < -0.3 is 15.5 Å². The summed E-state index contributed by atoms with van der Waals surface area (Å²) in [6.45, 7) is 4.07. The maximum atomic E-state index is 5.83. The number of nitrogens with zero attached hydrogens (tertiary/aromatic N) is 5. The fraction of sp³-hybridized carbons (Fsp3) is 0.250. The second kappa shape index (κ2) is 6.44. The van der Waals surface area contributed by atoms with Crippen molar-refractivity contribution in [3.8, 4) is 11.1 Å². The van der Waals surface area contributed by atoms with Crippen LogP contribution in [0.2, 0.25) is 0 Å². The first-order valence-electron chi connectivity index (χ1n) is 9.02. The lowest BCUT2D eigenvalue weighted by Gasteiger charge is -2.33. The van der Waals surface area contributed by atoms with Crippen molar-refractivity contribution in [3.05, 3.63) is 42.6 Å². The van der Waals surface area contributed by atoms with Crippen molar-refractivity contribution >= 4 is 43.5 Å². The van der Waals surface area contributed by atoms with Gasteiger partial charge in [-0.1, -0.05) is 23.5 Å². The van der Waals surface area contributed by atoms with Crippen molar-refractivity contribution in [2.24, 2.45) is 0 Å². The summed E-state index contributed by atoms with van der Waals surface area (Å²) in [6, 6.07) is 12.5. The molecule has 2 aromatic carbocycles. The molecule has 2 N–H and O–H groups in total. The van der Waals surface area contributed by atoms with Gasteiger partial charge in [0.05, 0.1) is 27.4 Å². The number of nitrogens with two attached hydrogens (primary N) is 1. The first kappa shape index (κ1) is 16.4. The van der Waals surface area contributed by atoms with Gasteiger partial charge in [-0.15, -0.1) is 0 Å². The molecule has 136 valence electrons. The van der Waals surface area contributed by atoms with Crippen molar-refractivity contribution in [1.82, 2.24) is 19.9 Å². The van der Waals surface area contributed by atoms with Crippen molar-refractivity contribution in [2.75, 3.05) is 43.9 Å². The number of hydrogen-bond donors (Lipinski definition) is 1. The summed E-state index contributed by atoms with van der Waals surface area (Å²) < 4.78 is 1.11. The summed E-state index contributed by atoms with van der Waals surface area (Å²) in [4.78, 5) is 18.6. The van der Waals surface area contributed by atoms with Crippen LogP contribution in [0.4, 0.5) is 10.9 Å². The Balaban J connectivity index is 1.52. The molecule has 1 fully saturated rings. The van der Waals surface area contributed by atoms with Crippen LogP contribution in [0.5, 0.6) is 0 Å². The van der Waals surface area contributed by atoms with Crippen LogP contribution in [0.3, 0.4) is 0 Å². The number of likely N-dealkylation sites (N-methyl/N-ethyl adjacent to an activating group) is 1. The highest BCUT2D eigenvalue weighted by molar-refractivity contribution is 7.22. The number of fused-ring (bicyclic) bond motifs is 2. The molecule has 1 saturated heterocycles. The summed E-state index contributed by atoms with van der Waals surface area (Å²) in [5.74, 6) is 0.954. The molecule has 2 aromatic heterocycles. The summed E-state index contributed by atoms with van der Waals surface area (Å²) in [5.41, 5.74) is 10.8. The van der Waals surface area contributed by atoms with E-state index in [1.165, 1.54) is 11.3 Å². The third-order valence-corrected chi connectivity index (χ3v) is 5.96. The van der Waals surface area contributed by atoms with Gasteiger partial charge in [-0.25, -0.2) is 9.97 Å². The fourth-order valence-corrected chi connectivity index (χ4v) is 4.21. The molecule has 0 amide bonds. The summed E-state index contributed by atoms with van der Waals surface area (Å²) in [7, 11) is 2.16. The van der Waals surface area contributed by atoms with E-state index in [1.807, 2.05) is 12.3 Å². The SMILES string of the molecule is CN1CCN(c2cnc3ccc(-c4ccc5sc(N)nc5c4)cc3n2)CC1. The molecule has 0 saturated carbocycles. The van der Waals surface area contributed by atoms with E-state index in [-0.39, 0.29) is 0 Å². The highest BCUT2D eigenvalue weighted by Gasteiger charge is 2.16. The fourth-order valence-electron chi connectivity index (χ4n) is 3.49. The second-order valence-corrected chi connectivity index (χ2v) is 8.02. The van der Waals surface area contributed by atoms with E-state index in [9.17, 15) is 0 Å². The minimum Gasteiger partial charge on any atom is -0.375 e. The monoisotopic (exact) mass is 376 g/mol. The molecule has 0 atom stereocenters. The molecule has 1 aliphatic heterocycles. The molecule has 0 spiro atoms. The normalized spacial score (nSPS) is 15.7. The Morgan fingerprint density at radius 1 is 0.889 bits per heavy atom. The zero-order chi connectivity index (χ0) is 18.4. The van der Waals surface area contributed by atoms with Crippen LogP contribution in [-0.4, -0.2) is 53.1 Å². The van der Waals surface area contributed by atoms with Crippen molar-refractivity contribution in [3.63, 3.8) is 0 Å². The third kappa shape index (κ3) is 3.09. The number of hydrogen-bond acceptors (Lipinski definition) is 7. The van der Waals surface area contributed by atoms with Crippen LogP contribution in [0, 0.1) is 0 Å². The van der Waals surface area contributed by atoms with Crippen LogP contribution in [0.25, 0.3) is 32.4 Å². The van der Waals surface area contributed by atoms with E-state index < -0.39 is 0 Å². The standard InChI is InChI=1S/C20H20N6S/c1-25-6-8-26(9-7-25)19-12-22-15-4-2-13(10-16(15)23-19)14-3-5-18-17(11-14)24-20(21)27-18/h2-5,10-12H,6-9H2,1H3,(H2,21,24). The van der Waals surface area contributed by atoms with E-state index in [1.54, 1.807) is 0 Å². The maximum Gasteiger partial charge on any atom is 0.181 e. The van der Waals surface area contributed by atoms with Crippen molar-refractivity contribution < 1.29 is 0 Å². The predicted octanol–water partition coefficient (Wildman–Crippen LogP) is 3.24. The first-order chi connectivity index (χ1) is 13.2. The van der Waals surface area contributed by atoms with Gasteiger partial charge in [0.15, 0.2) is 5.13 Å². The van der Waals surface area contributed by atoms with Gasteiger partial charge in [-0.05, 0) is 42.4 Å². The maximum absolute atomic E-state index is 5.83. The van der Waals surface area contributed by atoms with Crippen LogP contribution < -0.4 is 10.6 Å². The Bertz CT molecular complexity index is 1130. The molecular weight excluding hydrogens is 356 g/mol. The number of piperazine rings is 1. The van der Waals surface area contributed by atoms with Crippen LogP contribution in [0.15, 0.2) is 42.6 Å². The van der Waals surface area contributed by atoms with Gasteiger partial charge in [0, 0.05) is 26.2 Å². The molecular formula is C20H20N6S. The molecule has 0 bridgehead atoms. The Morgan fingerprint density at radius 2 is 1.63 bits per heavy atom. The highest BCUT2D eigenvalue weighted by Crippen LogP contribution is 2.30. The minimum absolute atomic E-state index is 0.600. The quantitative estimate of drug-likeness (QED) is 0.579. The zero-order valence-electron chi connectivity index (χ0n) is 15.1. The smallest absolute Gasteiger partial charge is 0.181 e. The molecule has 0 aliphatic carbocycles. The van der Waals surface area contributed by atoms with Gasteiger partial charge >= 0.3 is 0 Å². The third-order valence-electron chi connectivity index (χ3n) is 5.09. The molecule has 0 unspecified atom stereocenters. The van der Waals surface area contributed by atoms with Gasteiger partial charge in [-0.3, -0.25) is 4.98 Å². The van der Waals surface area contributed by atoms with E-state index >= 15 is 0 Å². The topological polar surface area (TPSA) is 71.2 Å². The largest absolute Gasteiger partial charge is 0.375 e. The molecule has 7 heteroatoms. The van der Waals surface area contributed by atoms with Gasteiger partial charge in [0.25, 0.3) is 0 Å². The lowest BCUT2D eigenvalue weighted by molar-refractivity contribution is 0.312. The molecule has 1 aliphatic rings. The average molecular weight is 376 g/mol. The minimum atomic E-state index is 0.600. The van der Waals surface area contributed by atoms with Crippen LogP contribution >= 0.6 is 11.3 Å². The summed E-state index contributed by atoms with van der Waals surface area (Å²) in [6.07, 6.45) is 1.89. The Labute approximate surface area is 161 Å². The van der Waals surface area contributed by atoms with E-state index in [2.05, 4.69) is 57.1 Å². The Morgan fingerprint density at radius 3 is 2.44 bits per heavy atom. The van der Waals surface area contributed by atoms with Crippen LogP contribution in [0.1, 0.15) is 0 Å². The number of anilines is 2. The molecule has 3 heterocycles. The van der Waals surface area contributed by atoms with E-state index in [4.69, 9.17) is 10.7 Å². The summed E-state index contributed by atoms with van der Waals surface area (Å²) >= 11 is 1.51. The van der Waals surface area contributed by atoms with Gasteiger partial charge in [-0.2, -0.15) is 0 Å². The van der Waals surface area contributed by atoms with E-state index in [0.717, 1.165) is 64.4 Å². The van der Waals surface area contributed by atoms with Gasteiger partial charge in [0.1, 0.15) is 5.82 Å². The van der Waals surface area contributed by atoms with Gasteiger partial charge in [0.2, 0.25) is 0 Å². The molecule has 6 nitrogen and oxygen atoms in total. The average Bonchev–Trinajstić information content (AvgIpc) is 3.07. The van der Waals surface area contributed by atoms with E-state index in [0.29, 0.717) is 5.13 Å². The zero-order valence-corrected chi connectivity index (χ0v) is 15.9. The number of thiazole rings is 1. The summed E-state index contributed by atoms with van der Waals surface area (Å²) in [5, 5.41) is 0.600. The molecule has 27 heavy (non-hydrogen) atoms.